The number of ether oxygens (including phenoxy) is 2. The highest BCUT2D eigenvalue weighted by molar-refractivity contribution is 6.00. The van der Waals surface area contributed by atoms with Crippen LogP contribution in [0, 0.1) is 0 Å². The smallest absolute Gasteiger partial charge is 0.270 e. The Bertz CT molecular complexity index is 1400. The maximum Gasteiger partial charge on any atom is 0.270 e. The third-order valence-electron chi connectivity index (χ3n) is 8.72. The maximum absolute atomic E-state index is 13.9. The van der Waals surface area contributed by atoms with E-state index in [1.54, 1.807) is 60.8 Å². The summed E-state index contributed by atoms with van der Waals surface area (Å²) < 4.78 is 11.1. The highest BCUT2D eigenvalue weighted by atomic mass is 16.5. The molecule has 278 valence electrons. The number of rotatable bonds is 26. The van der Waals surface area contributed by atoms with Gasteiger partial charge >= 0.3 is 0 Å². The zero-order valence-electron chi connectivity index (χ0n) is 31.0. The largest absolute Gasteiger partial charge is 0.497 e. The molecule has 0 radical (unpaired) electrons. The lowest BCUT2D eigenvalue weighted by atomic mass is 10.1. The number of nitrogens with one attached hydrogen (secondary N) is 3. The van der Waals surface area contributed by atoms with Gasteiger partial charge in [0.05, 0.1) is 13.7 Å². The number of methoxy groups -OCH3 is 1. The van der Waals surface area contributed by atoms with Crippen LogP contribution in [0.1, 0.15) is 103 Å². The van der Waals surface area contributed by atoms with Gasteiger partial charge in [0.15, 0.2) is 6.17 Å². The topological polar surface area (TPSA) is 122 Å². The SMILES string of the molecule is CCCCCCCCCCCCNC(=O)CCCOc1ccc(NC(NC(=O)CCc2cccnc2)C(=O)N(CC)c2ccc(OC)cc2)cc1. The Morgan fingerprint density at radius 3 is 2.06 bits per heavy atom. The molecule has 1 aromatic heterocycles. The van der Waals surface area contributed by atoms with Gasteiger partial charge < -0.3 is 30.3 Å². The Balaban J connectivity index is 1.44. The van der Waals surface area contributed by atoms with Gasteiger partial charge in [-0.05, 0) is 86.3 Å². The van der Waals surface area contributed by atoms with Gasteiger partial charge in [0.25, 0.3) is 5.91 Å². The van der Waals surface area contributed by atoms with Gasteiger partial charge in [-0.15, -0.1) is 0 Å². The Kier molecular flexibility index (Phi) is 19.6. The van der Waals surface area contributed by atoms with Crippen LogP contribution in [0.15, 0.2) is 73.1 Å². The molecule has 0 saturated carbocycles. The number of aromatic nitrogens is 1. The van der Waals surface area contributed by atoms with Crippen molar-refractivity contribution < 1.29 is 23.9 Å². The van der Waals surface area contributed by atoms with Crippen molar-refractivity contribution in [3.8, 4) is 11.5 Å². The molecule has 2 aromatic carbocycles. The van der Waals surface area contributed by atoms with E-state index in [0.717, 1.165) is 24.9 Å². The number of nitrogens with zero attached hydrogens (tertiary/aromatic N) is 2. The van der Waals surface area contributed by atoms with Crippen LogP contribution >= 0.6 is 0 Å². The quantitative estimate of drug-likeness (QED) is 0.0576. The highest BCUT2D eigenvalue weighted by Gasteiger charge is 2.26. The fourth-order valence-electron chi connectivity index (χ4n) is 5.75. The molecule has 1 atom stereocenters. The number of carbonyl (C=O) groups is 3. The van der Waals surface area contributed by atoms with Gasteiger partial charge in [-0.1, -0.05) is 70.8 Å². The summed E-state index contributed by atoms with van der Waals surface area (Å²) in [7, 11) is 1.59. The second-order valence-corrected chi connectivity index (χ2v) is 12.8. The Morgan fingerprint density at radius 2 is 1.43 bits per heavy atom. The van der Waals surface area contributed by atoms with E-state index in [4.69, 9.17) is 9.47 Å². The molecule has 0 spiro atoms. The van der Waals surface area contributed by atoms with E-state index in [1.807, 2.05) is 31.2 Å². The van der Waals surface area contributed by atoms with Crippen molar-refractivity contribution in [2.24, 2.45) is 0 Å². The summed E-state index contributed by atoms with van der Waals surface area (Å²) in [5.41, 5.74) is 2.28. The van der Waals surface area contributed by atoms with Gasteiger partial charge in [-0.25, -0.2) is 0 Å². The van der Waals surface area contributed by atoms with Crippen LogP contribution in [0.3, 0.4) is 0 Å². The van der Waals surface area contributed by atoms with E-state index in [-0.39, 0.29) is 24.1 Å². The minimum Gasteiger partial charge on any atom is -0.497 e. The van der Waals surface area contributed by atoms with E-state index in [0.29, 0.717) is 55.3 Å². The molecule has 0 saturated heterocycles. The van der Waals surface area contributed by atoms with Crippen LogP contribution in [0.5, 0.6) is 11.5 Å². The average molecular weight is 702 g/mol. The highest BCUT2D eigenvalue weighted by Crippen LogP contribution is 2.22. The zero-order chi connectivity index (χ0) is 36.5. The van der Waals surface area contributed by atoms with Gasteiger partial charge in [-0.2, -0.15) is 0 Å². The number of hydrogen-bond donors (Lipinski definition) is 3. The normalized spacial score (nSPS) is 11.4. The fraction of sp³-hybridized carbons (Fsp3) is 0.512. The van der Waals surface area contributed by atoms with Crippen LogP contribution in [-0.4, -0.2) is 55.7 Å². The number of anilines is 2. The molecule has 3 rings (SSSR count). The molecule has 3 amide bonds. The molecular weight excluding hydrogens is 642 g/mol. The zero-order valence-corrected chi connectivity index (χ0v) is 31.0. The number of unbranched alkanes of at least 4 members (excludes halogenated alkanes) is 9. The van der Waals surface area contributed by atoms with Crippen molar-refractivity contribution in [1.29, 1.82) is 0 Å². The summed E-state index contributed by atoms with van der Waals surface area (Å²) in [5.74, 6) is 0.837. The van der Waals surface area contributed by atoms with Crippen molar-refractivity contribution in [1.82, 2.24) is 15.6 Å². The lowest BCUT2D eigenvalue weighted by molar-refractivity contribution is -0.127. The molecule has 1 heterocycles. The molecule has 0 aliphatic rings. The van der Waals surface area contributed by atoms with Gasteiger partial charge in [0, 0.05) is 49.7 Å². The summed E-state index contributed by atoms with van der Waals surface area (Å²) in [4.78, 5) is 44.9. The van der Waals surface area contributed by atoms with Crippen LogP contribution in [0.4, 0.5) is 11.4 Å². The molecular formula is C41H59N5O5. The maximum atomic E-state index is 13.9. The average Bonchev–Trinajstić information content (AvgIpc) is 3.16. The first-order valence-corrected chi connectivity index (χ1v) is 18.8. The van der Waals surface area contributed by atoms with E-state index >= 15 is 0 Å². The Hall–Kier alpha value is -4.60. The molecule has 10 nitrogen and oxygen atoms in total. The Labute approximate surface area is 305 Å². The first-order chi connectivity index (χ1) is 24.9. The molecule has 0 aliphatic heterocycles. The van der Waals surface area contributed by atoms with Gasteiger partial charge in [0.2, 0.25) is 11.8 Å². The summed E-state index contributed by atoms with van der Waals surface area (Å²) in [6.45, 7) is 5.69. The third-order valence-corrected chi connectivity index (χ3v) is 8.72. The number of aryl methyl sites for hydroxylation is 1. The van der Waals surface area contributed by atoms with Crippen LogP contribution in [0.2, 0.25) is 0 Å². The Morgan fingerprint density at radius 1 is 0.765 bits per heavy atom. The minimum absolute atomic E-state index is 0.0584. The van der Waals surface area contributed by atoms with Gasteiger partial charge in [-0.3, -0.25) is 19.4 Å². The lowest BCUT2D eigenvalue weighted by Gasteiger charge is -2.28. The van der Waals surface area contributed by atoms with Crippen molar-refractivity contribution >= 4 is 29.1 Å². The van der Waals surface area contributed by atoms with Crippen LogP contribution in [-0.2, 0) is 20.8 Å². The molecule has 3 N–H and O–H groups in total. The van der Waals surface area contributed by atoms with Crippen molar-refractivity contribution in [3.05, 3.63) is 78.6 Å². The minimum atomic E-state index is -1.01. The first kappa shape index (κ1) is 40.8. The first-order valence-electron chi connectivity index (χ1n) is 18.8. The van der Waals surface area contributed by atoms with E-state index in [1.165, 1.54) is 51.4 Å². The molecule has 1 unspecified atom stereocenters. The second-order valence-electron chi connectivity index (χ2n) is 12.8. The number of benzene rings is 2. The van der Waals surface area contributed by atoms with Crippen LogP contribution in [0.25, 0.3) is 0 Å². The summed E-state index contributed by atoms with van der Waals surface area (Å²) in [5, 5.41) is 9.12. The number of carbonyl (C=O) groups excluding carboxylic acids is 3. The number of amides is 3. The number of pyridine rings is 1. The van der Waals surface area contributed by atoms with E-state index in [9.17, 15) is 14.4 Å². The predicted molar refractivity (Wildman–Crippen MR) is 205 cm³/mol. The second kappa shape index (κ2) is 24.5. The molecule has 0 bridgehead atoms. The van der Waals surface area contributed by atoms with E-state index < -0.39 is 6.17 Å². The fourth-order valence-corrected chi connectivity index (χ4v) is 5.75. The van der Waals surface area contributed by atoms with Crippen molar-refractivity contribution in [3.63, 3.8) is 0 Å². The number of hydrogen-bond acceptors (Lipinski definition) is 7. The molecule has 10 heteroatoms. The monoisotopic (exact) mass is 701 g/mol. The standard InChI is InChI=1S/C41H59N5O5/c1-4-6-7-8-9-10-11-12-13-14-30-43-38(47)18-16-31-51-37-24-20-34(21-25-37)44-40(45-39(48)28-19-33-17-15-29-42-32-33)41(49)46(5-2)35-22-26-36(50-3)27-23-35/h15,17,20-27,29,32,40,44H,4-14,16,18-19,28,30-31H2,1-3H3,(H,43,47)(H,45,48). The molecule has 3 aromatic rings. The van der Waals surface area contributed by atoms with Crippen molar-refractivity contribution in [2.45, 2.75) is 110 Å². The van der Waals surface area contributed by atoms with Crippen molar-refractivity contribution in [2.75, 3.05) is 37.0 Å². The van der Waals surface area contributed by atoms with Crippen LogP contribution < -0.4 is 30.3 Å². The summed E-state index contributed by atoms with van der Waals surface area (Å²) in [6.07, 6.45) is 16.9. The molecule has 51 heavy (non-hydrogen) atoms. The lowest BCUT2D eigenvalue weighted by Crippen LogP contribution is -2.53. The molecule has 0 fully saturated rings. The number of likely N-dealkylation sites (N-methyl/N-ethyl adjacent to an activating group) is 1. The summed E-state index contributed by atoms with van der Waals surface area (Å²) in [6, 6.07) is 18.2. The third kappa shape index (κ3) is 16.3. The van der Waals surface area contributed by atoms with E-state index in [2.05, 4.69) is 27.9 Å². The summed E-state index contributed by atoms with van der Waals surface area (Å²) >= 11 is 0. The predicted octanol–water partition coefficient (Wildman–Crippen LogP) is 7.83. The van der Waals surface area contributed by atoms with Gasteiger partial charge in [0.1, 0.15) is 11.5 Å². The molecule has 0 aliphatic carbocycles.